The van der Waals surface area contributed by atoms with Crippen molar-refractivity contribution in [3.05, 3.63) is 0 Å². The Morgan fingerprint density at radius 3 is 2.42 bits per heavy atom. The Balaban J connectivity index is 3.01. The normalized spacial score (nSPS) is 12.0. The number of hydrogen-bond acceptors (Lipinski definition) is 3. The fraction of sp³-hybridized carbons (Fsp3) is 1.00. The number of rotatable bonds is 6. The lowest BCUT2D eigenvalue weighted by atomic mass is 10.6. The highest BCUT2D eigenvalue weighted by atomic mass is 19.4. The molecule has 0 aliphatic rings. The van der Waals surface area contributed by atoms with E-state index < -0.39 is 12.8 Å². The van der Waals surface area contributed by atoms with Crippen molar-refractivity contribution in [1.82, 2.24) is 5.32 Å². The first-order valence-corrected chi connectivity index (χ1v) is 3.52. The third-order valence-electron chi connectivity index (χ3n) is 0.977. The maximum atomic E-state index is 11.4. The minimum Gasteiger partial charge on any atom is -0.395 e. The Labute approximate surface area is 68.5 Å². The van der Waals surface area contributed by atoms with E-state index in [2.05, 4.69) is 10.1 Å². The quantitative estimate of drug-likeness (QED) is 0.581. The second kappa shape index (κ2) is 6.22. The number of alkyl halides is 3. The van der Waals surface area contributed by atoms with E-state index in [9.17, 15) is 13.2 Å². The van der Waals surface area contributed by atoms with Crippen LogP contribution in [0.1, 0.15) is 0 Å². The standard InChI is InChI=1S/C6H12F3NO2/c7-6(8,9)5-12-4-2-10-1-3-11/h10-11H,1-5H2. The molecule has 0 aromatic rings. The van der Waals surface area contributed by atoms with Gasteiger partial charge in [0.25, 0.3) is 0 Å². The predicted molar refractivity (Wildman–Crippen MR) is 36.8 cm³/mol. The van der Waals surface area contributed by atoms with Gasteiger partial charge in [-0.3, -0.25) is 0 Å². The first-order chi connectivity index (χ1) is 5.56. The summed E-state index contributed by atoms with van der Waals surface area (Å²) in [4.78, 5) is 0. The summed E-state index contributed by atoms with van der Waals surface area (Å²) in [6.45, 7) is -0.557. The maximum absolute atomic E-state index is 11.4. The van der Waals surface area contributed by atoms with Gasteiger partial charge in [0.1, 0.15) is 6.61 Å². The van der Waals surface area contributed by atoms with E-state index in [1.807, 2.05) is 0 Å². The second-order valence-corrected chi connectivity index (χ2v) is 2.14. The van der Waals surface area contributed by atoms with Gasteiger partial charge in [0, 0.05) is 13.1 Å². The Hall–Kier alpha value is -0.330. The number of nitrogens with one attached hydrogen (secondary N) is 1. The van der Waals surface area contributed by atoms with Gasteiger partial charge in [-0.2, -0.15) is 13.2 Å². The Morgan fingerprint density at radius 2 is 1.92 bits per heavy atom. The minimum atomic E-state index is -4.25. The summed E-state index contributed by atoms with van der Waals surface area (Å²) in [7, 11) is 0. The predicted octanol–water partition coefficient (Wildman–Crippen LogP) is 0.147. The van der Waals surface area contributed by atoms with Crippen molar-refractivity contribution in [1.29, 1.82) is 0 Å². The van der Waals surface area contributed by atoms with Crippen molar-refractivity contribution in [3.8, 4) is 0 Å². The minimum absolute atomic E-state index is 0.000486. The molecule has 0 aliphatic heterocycles. The van der Waals surface area contributed by atoms with Gasteiger partial charge in [-0.05, 0) is 0 Å². The van der Waals surface area contributed by atoms with Crippen molar-refractivity contribution in [2.75, 3.05) is 32.9 Å². The molecule has 3 nitrogen and oxygen atoms in total. The molecule has 0 saturated heterocycles. The van der Waals surface area contributed by atoms with Crippen molar-refractivity contribution in [2.45, 2.75) is 6.18 Å². The van der Waals surface area contributed by atoms with E-state index in [1.54, 1.807) is 0 Å². The van der Waals surface area contributed by atoms with Crippen LogP contribution < -0.4 is 5.32 Å². The molecule has 74 valence electrons. The molecule has 0 heterocycles. The number of ether oxygens (including phenoxy) is 1. The molecular weight excluding hydrogens is 175 g/mol. The fourth-order valence-corrected chi connectivity index (χ4v) is 0.536. The first kappa shape index (κ1) is 11.7. The largest absolute Gasteiger partial charge is 0.411 e. The number of aliphatic hydroxyl groups excluding tert-OH is 1. The molecular formula is C6H12F3NO2. The number of aliphatic hydroxyl groups is 1. The van der Waals surface area contributed by atoms with Crippen LogP contribution in [0.3, 0.4) is 0 Å². The summed E-state index contributed by atoms with van der Waals surface area (Å²) in [6.07, 6.45) is -4.25. The van der Waals surface area contributed by atoms with E-state index in [0.29, 0.717) is 13.1 Å². The maximum Gasteiger partial charge on any atom is 0.411 e. The molecule has 0 aromatic heterocycles. The van der Waals surface area contributed by atoms with E-state index in [1.165, 1.54) is 0 Å². The van der Waals surface area contributed by atoms with Gasteiger partial charge in [-0.25, -0.2) is 0 Å². The number of hydrogen-bond donors (Lipinski definition) is 2. The van der Waals surface area contributed by atoms with Gasteiger partial charge in [0.2, 0.25) is 0 Å². The average molecular weight is 187 g/mol. The highest BCUT2D eigenvalue weighted by Crippen LogP contribution is 2.13. The molecule has 0 rings (SSSR count). The van der Waals surface area contributed by atoms with Crippen LogP contribution in [0.2, 0.25) is 0 Å². The highest BCUT2D eigenvalue weighted by molar-refractivity contribution is 4.47. The van der Waals surface area contributed by atoms with Crippen LogP contribution in [0, 0.1) is 0 Å². The molecule has 0 saturated carbocycles. The highest BCUT2D eigenvalue weighted by Gasteiger charge is 2.26. The summed E-state index contributed by atoms with van der Waals surface area (Å²) >= 11 is 0. The molecule has 0 atom stereocenters. The zero-order valence-electron chi connectivity index (χ0n) is 6.52. The third-order valence-corrected chi connectivity index (χ3v) is 0.977. The van der Waals surface area contributed by atoms with Gasteiger partial charge in [-0.15, -0.1) is 0 Å². The molecule has 12 heavy (non-hydrogen) atoms. The summed E-state index contributed by atoms with van der Waals surface area (Å²) in [5.74, 6) is 0. The molecule has 0 aromatic carbocycles. The van der Waals surface area contributed by atoms with Crippen LogP contribution in [0.5, 0.6) is 0 Å². The molecule has 0 fully saturated rings. The third kappa shape index (κ3) is 9.67. The lowest BCUT2D eigenvalue weighted by molar-refractivity contribution is -0.173. The zero-order chi connectivity index (χ0) is 9.45. The van der Waals surface area contributed by atoms with Gasteiger partial charge < -0.3 is 15.2 Å². The molecule has 2 N–H and O–H groups in total. The van der Waals surface area contributed by atoms with Crippen LogP contribution >= 0.6 is 0 Å². The van der Waals surface area contributed by atoms with Gasteiger partial charge >= 0.3 is 6.18 Å². The van der Waals surface area contributed by atoms with Gasteiger partial charge in [-0.1, -0.05) is 0 Å². The van der Waals surface area contributed by atoms with Crippen LogP contribution in [0.25, 0.3) is 0 Å². The summed E-state index contributed by atoms with van der Waals surface area (Å²) in [5.41, 5.74) is 0. The van der Waals surface area contributed by atoms with Gasteiger partial charge in [0.15, 0.2) is 0 Å². The van der Waals surface area contributed by atoms with Gasteiger partial charge in [0.05, 0.1) is 13.2 Å². The Morgan fingerprint density at radius 1 is 1.25 bits per heavy atom. The summed E-state index contributed by atoms with van der Waals surface area (Å²) < 4.78 is 38.6. The van der Waals surface area contributed by atoms with Crippen LogP contribution in [-0.4, -0.2) is 44.2 Å². The van der Waals surface area contributed by atoms with Crippen molar-refractivity contribution in [2.24, 2.45) is 0 Å². The summed E-state index contributed by atoms with van der Waals surface area (Å²) in [5, 5.41) is 10.9. The topological polar surface area (TPSA) is 41.5 Å². The molecule has 6 heteroatoms. The molecule has 0 aliphatic carbocycles. The summed E-state index contributed by atoms with van der Waals surface area (Å²) in [6, 6.07) is 0. The van der Waals surface area contributed by atoms with Crippen molar-refractivity contribution < 1.29 is 23.0 Å². The second-order valence-electron chi connectivity index (χ2n) is 2.14. The van der Waals surface area contributed by atoms with E-state index >= 15 is 0 Å². The average Bonchev–Trinajstić information content (AvgIpc) is 1.94. The fourth-order valence-electron chi connectivity index (χ4n) is 0.536. The molecule has 0 radical (unpaired) electrons. The van der Waals surface area contributed by atoms with E-state index in [-0.39, 0.29) is 13.2 Å². The number of halogens is 3. The Kier molecular flexibility index (Phi) is 6.04. The SMILES string of the molecule is OCCNCCOCC(F)(F)F. The monoisotopic (exact) mass is 187 g/mol. The van der Waals surface area contributed by atoms with E-state index in [4.69, 9.17) is 5.11 Å². The molecule has 0 bridgehead atoms. The van der Waals surface area contributed by atoms with Crippen LogP contribution in [0.15, 0.2) is 0 Å². The van der Waals surface area contributed by atoms with Crippen molar-refractivity contribution in [3.63, 3.8) is 0 Å². The smallest absolute Gasteiger partial charge is 0.395 e. The van der Waals surface area contributed by atoms with E-state index in [0.717, 1.165) is 0 Å². The Bertz CT molecular complexity index is 107. The van der Waals surface area contributed by atoms with Crippen LogP contribution in [-0.2, 0) is 4.74 Å². The lowest BCUT2D eigenvalue weighted by Gasteiger charge is -2.07. The zero-order valence-corrected chi connectivity index (χ0v) is 6.52. The lowest BCUT2D eigenvalue weighted by Crippen LogP contribution is -2.25. The molecule has 0 unspecified atom stereocenters. The molecule has 0 amide bonds. The van der Waals surface area contributed by atoms with Crippen LogP contribution in [0.4, 0.5) is 13.2 Å². The van der Waals surface area contributed by atoms with Crippen molar-refractivity contribution >= 4 is 0 Å². The first-order valence-electron chi connectivity index (χ1n) is 3.52. The molecule has 0 spiro atoms.